The molecule has 0 amide bonds. The molecule has 0 unspecified atom stereocenters. The smallest absolute Gasteiger partial charge is 0.0995 e. The lowest BCUT2D eigenvalue weighted by Crippen LogP contribution is -1.94. The maximum Gasteiger partial charge on any atom is 0.0995 e. The van der Waals surface area contributed by atoms with Crippen molar-refractivity contribution in [2.24, 2.45) is 7.05 Å². The average Bonchev–Trinajstić information content (AvgIpc) is 2.71. The molecule has 0 aliphatic heterocycles. The van der Waals surface area contributed by atoms with Crippen molar-refractivity contribution in [1.29, 1.82) is 0 Å². The van der Waals surface area contributed by atoms with Crippen molar-refractivity contribution < 1.29 is 0 Å². The molecule has 0 spiro atoms. The van der Waals surface area contributed by atoms with Crippen molar-refractivity contribution in [2.45, 2.75) is 19.8 Å². The summed E-state index contributed by atoms with van der Waals surface area (Å²) in [5.41, 5.74) is 2.10. The van der Waals surface area contributed by atoms with E-state index in [0.29, 0.717) is 5.92 Å². The first kappa shape index (κ1) is 9.40. The van der Waals surface area contributed by atoms with E-state index in [1.54, 1.807) is 17.5 Å². The molecule has 0 radical (unpaired) electrons. The Labute approximate surface area is 87.4 Å². The third kappa shape index (κ3) is 1.57. The minimum absolute atomic E-state index is 0.502. The molecule has 0 aliphatic carbocycles. The minimum atomic E-state index is 0.502. The van der Waals surface area contributed by atoms with E-state index in [2.05, 4.69) is 29.3 Å². The van der Waals surface area contributed by atoms with Gasteiger partial charge in [0, 0.05) is 24.5 Å². The molecule has 2 aromatic rings. The van der Waals surface area contributed by atoms with Crippen molar-refractivity contribution in [1.82, 2.24) is 14.8 Å². The third-order valence-electron chi connectivity index (χ3n) is 2.10. The Morgan fingerprint density at radius 1 is 1.43 bits per heavy atom. The average molecular weight is 207 g/mol. The van der Waals surface area contributed by atoms with Crippen LogP contribution < -0.4 is 0 Å². The Kier molecular flexibility index (Phi) is 2.37. The topological polar surface area (TPSA) is 30.7 Å². The van der Waals surface area contributed by atoms with Crippen LogP contribution in [-0.4, -0.2) is 14.8 Å². The molecule has 0 aliphatic rings. The van der Waals surface area contributed by atoms with Crippen LogP contribution in [0.2, 0.25) is 0 Å². The van der Waals surface area contributed by atoms with Crippen LogP contribution in [0.1, 0.15) is 24.8 Å². The summed E-state index contributed by atoms with van der Waals surface area (Å²) in [6.45, 7) is 4.32. The predicted octanol–water partition coefficient (Wildman–Crippen LogP) is 2.67. The maximum absolute atomic E-state index is 4.57. The van der Waals surface area contributed by atoms with E-state index < -0.39 is 0 Å². The largest absolute Gasteiger partial charge is 0.266 e. The number of thiazole rings is 1. The Balaban J connectivity index is 2.39. The zero-order chi connectivity index (χ0) is 10.1. The molecule has 2 rings (SSSR count). The van der Waals surface area contributed by atoms with Gasteiger partial charge in [-0.25, -0.2) is 4.98 Å². The van der Waals surface area contributed by atoms with Gasteiger partial charge in [0.2, 0.25) is 0 Å². The van der Waals surface area contributed by atoms with E-state index in [4.69, 9.17) is 0 Å². The molecule has 2 heterocycles. The lowest BCUT2D eigenvalue weighted by Gasteiger charge is -1.98. The van der Waals surface area contributed by atoms with Crippen LogP contribution in [-0.2, 0) is 7.05 Å². The zero-order valence-electron chi connectivity index (χ0n) is 8.56. The van der Waals surface area contributed by atoms with Gasteiger partial charge in [-0.1, -0.05) is 13.8 Å². The van der Waals surface area contributed by atoms with Crippen LogP contribution in [0.4, 0.5) is 0 Å². The minimum Gasteiger partial charge on any atom is -0.266 e. The summed E-state index contributed by atoms with van der Waals surface area (Å²) < 4.78 is 1.85. The molecule has 0 saturated heterocycles. The molecule has 3 nitrogen and oxygen atoms in total. The Hall–Kier alpha value is -1.16. The van der Waals surface area contributed by atoms with Crippen molar-refractivity contribution in [3.8, 4) is 11.4 Å². The fourth-order valence-electron chi connectivity index (χ4n) is 1.30. The molecule has 0 N–H and O–H groups in total. The Morgan fingerprint density at radius 2 is 2.21 bits per heavy atom. The summed E-state index contributed by atoms with van der Waals surface area (Å²) in [6, 6.07) is 1.99. The molecule has 0 bridgehead atoms. The predicted molar refractivity (Wildman–Crippen MR) is 58.4 cm³/mol. The highest BCUT2D eigenvalue weighted by molar-refractivity contribution is 7.10. The van der Waals surface area contributed by atoms with E-state index >= 15 is 0 Å². The highest BCUT2D eigenvalue weighted by Crippen LogP contribution is 2.25. The van der Waals surface area contributed by atoms with Gasteiger partial charge in [-0.2, -0.15) is 5.10 Å². The summed E-state index contributed by atoms with van der Waals surface area (Å²) in [4.78, 5) is 4.57. The van der Waals surface area contributed by atoms with Gasteiger partial charge < -0.3 is 0 Å². The standard InChI is InChI=1S/C10H13N3S/c1-7(2)10-12-8(6-14-10)9-4-5-11-13(9)3/h4-7H,1-3H3. The van der Waals surface area contributed by atoms with Crippen LogP contribution in [0.5, 0.6) is 0 Å². The van der Waals surface area contributed by atoms with Crippen LogP contribution in [0.25, 0.3) is 11.4 Å². The van der Waals surface area contributed by atoms with E-state index in [1.165, 1.54) is 5.01 Å². The summed E-state index contributed by atoms with van der Waals surface area (Å²) in [5, 5.41) is 7.40. The number of rotatable bonds is 2. The van der Waals surface area contributed by atoms with E-state index in [1.807, 2.05) is 17.8 Å². The van der Waals surface area contributed by atoms with Gasteiger partial charge in [-0.3, -0.25) is 4.68 Å². The number of aromatic nitrogens is 3. The lowest BCUT2D eigenvalue weighted by molar-refractivity contribution is 0.772. The maximum atomic E-state index is 4.57. The van der Waals surface area contributed by atoms with Gasteiger partial charge in [0.1, 0.15) is 0 Å². The van der Waals surface area contributed by atoms with Crippen LogP contribution in [0.15, 0.2) is 17.6 Å². The first-order valence-corrected chi connectivity index (χ1v) is 5.50. The highest BCUT2D eigenvalue weighted by atomic mass is 32.1. The van der Waals surface area contributed by atoms with Gasteiger partial charge in [0.05, 0.1) is 16.4 Å². The lowest BCUT2D eigenvalue weighted by atomic mass is 10.2. The van der Waals surface area contributed by atoms with Gasteiger partial charge >= 0.3 is 0 Å². The van der Waals surface area contributed by atoms with Crippen LogP contribution in [0.3, 0.4) is 0 Å². The molecule has 2 aromatic heterocycles. The van der Waals surface area contributed by atoms with Crippen LogP contribution >= 0.6 is 11.3 Å². The molecule has 14 heavy (non-hydrogen) atoms. The van der Waals surface area contributed by atoms with E-state index in [-0.39, 0.29) is 0 Å². The second kappa shape index (κ2) is 3.53. The highest BCUT2D eigenvalue weighted by Gasteiger charge is 2.09. The fourth-order valence-corrected chi connectivity index (χ4v) is 2.12. The van der Waals surface area contributed by atoms with Gasteiger partial charge in [0.25, 0.3) is 0 Å². The molecular formula is C10H13N3S. The number of aryl methyl sites for hydroxylation is 1. The SMILES string of the molecule is CC(C)c1nc(-c2ccnn2C)cs1. The molecule has 0 fully saturated rings. The van der Waals surface area contributed by atoms with Crippen molar-refractivity contribution in [3.63, 3.8) is 0 Å². The quantitative estimate of drug-likeness (QED) is 0.758. The summed E-state index contributed by atoms with van der Waals surface area (Å²) >= 11 is 1.71. The van der Waals surface area contributed by atoms with E-state index in [0.717, 1.165) is 11.4 Å². The van der Waals surface area contributed by atoms with Crippen molar-refractivity contribution in [3.05, 3.63) is 22.7 Å². The zero-order valence-corrected chi connectivity index (χ0v) is 9.38. The molecule has 0 atom stereocenters. The summed E-state index contributed by atoms with van der Waals surface area (Å²) in [6.07, 6.45) is 1.80. The molecule has 0 saturated carbocycles. The van der Waals surface area contributed by atoms with Gasteiger partial charge in [0.15, 0.2) is 0 Å². The number of nitrogens with zero attached hydrogens (tertiary/aromatic N) is 3. The molecular weight excluding hydrogens is 194 g/mol. The third-order valence-corrected chi connectivity index (χ3v) is 3.24. The molecule has 4 heteroatoms. The monoisotopic (exact) mass is 207 g/mol. The fraction of sp³-hybridized carbons (Fsp3) is 0.400. The molecule has 0 aromatic carbocycles. The summed E-state index contributed by atoms with van der Waals surface area (Å²) in [5.74, 6) is 0.502. The molecule has 74 valence electrons. The second-order valence-electron chi connectivity index (χ2n) is 3.57. The second-order valence-corrected chi connectivity index (χ2v) is 4.46. The Morgan fingerprint density at radius 3 is 2.71 bits per heavy atom. The van der Waals surface area contributed by atoms with Crippen molar-refractivity contribution >= 4 is 11.3 Å². The van der Waals surface area contributed by atoms with Gasteiger partial charge in [-0.05, 0) is 6.07 Å². The van der Waals surface area contributed by atoms with Crippen LogP contribution in [0, 0.1) is 0 Å². The number of hydrogen-bond acceptors (Lipinski definition) is 3. The van der Waals surface area contributed by atoms with Crippen molar-refractivity contribution in [2.75, 3.05) is 0 Å². The van der Waals surface area contributed by atoms with E-state index in [9.17, 15) is 0 Å². The number of hydrogen-bond donors (Lipinski definition) is 0. The Bertz CT molecular complexity index is 428. The summed E-state index contributed by atoms with van der Waals surface area (Å²) in [7, 11) is 1.93. The first-order valence-electron chi connectivity index (χ1n) is 4.62. The normalized spacial score (nSPS) is 11.1. The first-order chi connectivity index (χ1) is 6.68. The van der Waals surface area contributed by atoms with Gasteiger partial charge in [-0.15, -0.1) is 11.3 Å².